The van der Waals surface area contributed by atoms with Crippen LogP contribution in [0, 0.1) is 13.8 Å². The average Bonchev–Trinajstić information content (AvgIpc) is 2.96. The van der Waals surface area contributed by atoms with Gasteiger partial charge >= 0.3 is 0 Å². The van der Waals surface area contributed by atoms with Crippen molar-refractivity contribution < 1.29 is 14.0 Å². The number of likely N-dealkylation sites (N-methyl/N-ethyl adjacent to an activating group) is 1. The van der Waals surface area contributed by atoms with Gasteiger partial charge in [0, 0.05) is 12.7 Å². The summed E-state index contributed by atoms with van der Waals surface area (Å²) in [5.41, 5.74) is 2.99. The van der Waals surface area contributed by atoms with E-state index in [1.807, 2.05) is 32.0 Å². The molecule has 1 aromatic heterocycles. The minimum absolute atomic E-state index is 0.0353. The number of anilines is 1. The summed E-state index contributed by atoms with van der Waals surface area (Å²) in [5.74, 6) is -0.354. The third kappa shape index (κ3) is 3.72. The molecule has 0 bridgehead atoms. The number of aryl methyl sites for hydroxylation is 2. The van der Waals surface area contributed by atoms with Crippen molar-refractivity contribution >= 4 is 17.5 Å². The Kier molecular flexibility index (Phi) is 4.42. The van der Waals surface area contributed by atoms with Gasteiger partial charge in [-0.15, -0.1) is 0 Å². The number of amides is 2. The lowest BCUT2D eigenvalue weighted by Crippen LogP contribution is -2.34. The highest BCUT2D eigenvalue weighted by Gasteiger charge is 2.17. The molecule has 0 unspecified atom stereocenters. The average molecular weight is 286 g/mol. The second kappa shape index (κ2) is 6.26. The van der Waals surface area contributed by atoms with E-state index in [-0.39, 0.29) is 24.1 Å². The first-order valence-corrected chi connectivity index (χ1v) is 6.63. The Labute approximate surface area is 123 Å². The lowest BCUT2D eigenvalue weighted by Gasteiger charge is -2.15. The van der Waals surface area contributed by atoms with Crippen molar-refractivity contribution in [1.29, 1.82) is 0 Å². The van der Waals surface area contributed by atoms with Crippen molar-refractivity contribution in [2.75, 3.05) is 18.9 Å². The molecule has 0 fully saturated rings. The molecule has 1 aromatic carbocycles. The molecule has 0 spiro atoms. The van der Waals surface area contributed by atoms with E-state index in [0.717, 1.165) is 16.8 Å². The van der Waals surface area contributed by atoms with Gasteiger partial charge in [0.05, 0.1) is 12.8 Å². The highest BCUT2D eigenvalue weighted by Crippen LogP contribution is 2.14. The van der Waals surface area contributed by atoms with Gasteiger partial charge in [-0.2, -0.15) is 0 Å². The molecule has 1 N–H and O–H groups in total. The van der Waals surface area contributed by atoms with Gasteiger partial charge < -0.3 is 14.6 Å². The van der Waals surface area contributed by atoms with Crippen molar-refractivity contribution in [2.45, 2.75) is 13.8 Å². The molecule has 1 heterocycles. The predicted molar refractivity (Wildman–Crippen MR) is 80.2 cm³/mol. The van der Waals surface area contributed by atoms with E-state index in [1.54, 1.807) is 19.2 Å². The zero-order valence-electron chi connectivity index (χ0n) is 12.3. The molecule has 0 atom stereocenters. The number of carbonyl (C=O) groups excluding carboxylic acids is 2. The molecule has 5 heteroatoms. The number of rotatable bonds is 4. The maximum Gasteiger partial charge on any atom is 0.289 e. The summed E-state index contributed by atoms with van der Waals surface area (Å²) in [6.07, 6.45) is 1.43. The van der Waals surface area contributed by atoms with Crippen molar-refractivity contribution in [2.24, 2.45) is 0 Å². The number of hydrogen-bond acceptors (Lipinski definition) is 3. The molecule has 0 radical (unpaired) electrons. The first kappa shape index (κ1) is 14.8. The molecule has 2 amide bonds. The number of furan rings is 1. The lowest BCUT2D eigenvalue weighted by molar-refractivity contribution is -0.116. The van der Waals surface area contributed by atoms with Crippen LogP contribution in [0.5, 0.6) is 0 Å². The van der Waals surface area contributed by atoms with Gasteiger partial charge in [-0.3, -0.25) is 9.59 Å². The molecular weight excluding hydrogens is 268 g/mol. The number of nitrogens with zero attached hydrogens (tertiary/aromatic N) is 1. The number of nitrogens with one attached hydrogen (secondary N) is 1. The number of hydrogen-bond donors (Lipinski definition) is 1. The Bertz CT molecular complexity index is 648. The van der Waals surface area contributed by atoms with Crippen LogP contribution >= 0.6 is 0 Å². The second-order valence-corrected chi connectivity index (χ2v) is 4.99. The van der Waals surface area contributed by atoms with E-state index >= 15 is 0 Å². The van der Waals surface area contributed by atoms with E-state index in [1.165, 1.54) is 11.2 Å². The van der Waals surface area contributed by atoms with Gasteiger partial charge in [0.15, 0.2) is 5.76 Å². The van der Waals surface area contributed by atoms with Crippen LogP contribution in [0.3, 0.4) is 0 Å². The zero-order valence-corrected chi connectivity index (χ0v) is 12.3. The fourth-order valence-electron chi connectivity index (χ4n) is 1.90. The largest absolute Gasteiger partial charge is 0.459 e. The Morgan fingerprint density at radius 1 is 1.19 bits per heavy atom. The summed E-state index contributed by atoms with van der Waals surface area (Å²) in [5, 5.41) is 2.78. The van der Waals surface area contributed by atoms with E-state index in [9.17, 15) is 9.59 Å². The zero-order chi connectivity index (χ0) is 15.4. The molecular formula is C16H18N2O3. The maximum absolute atomic E-state index is 12.0. The molecule has 2 aromatic rings. The third-order valence-electron chi connectivity index (χ3n) is 3.25. The minimum atomic E-state index is -0.324. The summed E-state index contributed by atoms with van der Waals surface area (Å²) in [6.45, 7) is 3.96. The Hall–Kier alpha value is -2.56. The van der Waals surface area contributed by atoms with Crippen LogP contribution in [0.4, 0.5) is 5.69 Å². The van der Waals surface area contributed by atoms with Crippen molar-refractivity contribution in [3.8, 4) is 0 Å². The lowest BCUT2D eigenvalue weighted by atomic mass is 10.1. The normalized spacial score (nSPS) is 10.2. The van der Waals surface area contributed by atoms with Crippen LogP contribution in [0.15, 0.2) is 41.0 Å². The van der Waals surface area contributed by atoms with Gasteiger partial charge in [-0.25, -0.2) is 0 Å². The van der Waals surface area contributed by atoms with Crippen LogP contribution in [0.1, 0.15) is 21.7 Å². The molecule has 110 valence electrons. The van der Waals surface area contributed by atoms with Gasteiger partial charge in [-0.05, 0) is 49.2 Å². The predicted octanol–water partition coefficient (Wildman–Crippen LogP) is 2.61. The van der Waals surface area contributed by atoms with Crippen molar-refractivity contribution in [3.05, 3.63) is 53.5 Å². The quantitative estimate of drug-likeness (QED) is 0.939. The van der Waals surface area contributed by atoms with Crippen LogP contribution in [-0.2, 0) is 4.79 Å². The third-order valence-corrected chi connectivity index (χ3v) is 3.25. The topological polar surface area (TPSA) is 62.6 Å². The van der Waals surface area contributed by atoms with E-state index in [0.29, 0.717) is 0 Å². The van der Waals surface area contributed by atoms with Gasteiger partial charge in [-0.1, -0.05) is 6.07 Å². The minimum Gasteiger partial charge on any atom is -0.459 e. The van der Waals surface area contributed by atoms with E-state index in [4.69, 9.17) is 4.42 Å². The summed E-state index contributed by atoms with van der Waals surface area (Å²) in [4.78, 5) is 25.2. The Morgan fingerprint density at radius 3 is 2.57 bits per heavy atom. The first-order valence-electron chi connectivity index (χ1n) is 6.63. The molecule has 21 heavy (non-hydrogen) atoms. The number of carbonyl (C=O) groups is 2. The van der Waals surface area contributed by atoms with E-state index < -0.39 is 0 Å². The molecule has 0 saturated carbocycles. The molecule has 0 aliphatic heterocycles. The van der Waals surface area contributed by atoms with Crippen LogP contribution in [-0.4, -0.2) is 30.3 Å². The molecule has 2 rings (SSSR count). The highest BCUT2D eigenvalue weighted by atomic mass is 16.3. The van der Waals surface area contributed by atoms with Gasteiger partial charge in [0.1, 0.15) is 0 Å². The van der Waals surface area contributed by atoms with Crippen LogP contribution in [0.2, 0.25) is 0 Å². The highest BCUT2D eigenvalue weighted by molar-refractivity contribution is 5.97. The van der Waals surface area contributed by atoms with Crippen LogP contribution in [0.25, 0.3) is 0 Å². The summed E-state index contributed by atoms with van der Waals surface area (Å²) >= 11 is 0. The van der Waals surface area contributed by atoms with Crippen LogP contribution < -0.4 is 5.32 Å². The monoisotopic (exact) mass is 286 g/mol. The first-order chi connectivity index (χ1) is 9.97. The van der Waals surface area contributed by atoms with Gasteiger partial charge in [0.2, 0.25) is 5.91 Å². The molecule has 0 aliphatic carbocycles. The summed E-state index contributed by atoms with van der Waals surface area (Å²) in [6, 6.07) is 8.90. The summed E-state index contributed by atoms with van der Waals surface area (Å²) in [7, 11) is 1.56. The smallest absolute Gasteiger partial charge is 0.289 e. The summed E-state index contributed by atoms with van der Waals surface area (Å²) < 4.78 is 5.02. The van der Waals surface area contributed by atoms with Crippen molar-refractivity contribution in [3.63, 3.8) is 0 Å². The van der Waals surface area contributed by atoms with Gasteiger partial charge in [0.25, 0.3) is 5.91 Å². The SMILES string of the molecule is Cc1ccc(NC(=O)CN(C)C(=O)c2ccco2)cc1C. The fraction of sp³-hybridized carbons (Fsp3) is 0.250. The molecule has 0 saturated heterocycles. The standard InChI is InChI=1S/C16H18N2O3/c1-11-6-7-13(9-12(11)2)17-15(19)10-18(3)16(20)14-5-4-8-21-14/h4-9H,10H2,1-3H3,(H,17,19). The Morgan fingerprint density at radius 2 is 1.95 bits per heavy atom. The maximum atomic E-state index is 12.0. The number of benzene rings is 1. The van der Waals surface area contributed by atoms with Crippen molar-refractivity contribution in [1.82, 2.24) is 4.90 Å². The molecule has 5 nitrogen and oxygen atoms in total. The van der Waals surface area contributed by atoms with E-state index in [2.05, 4.69) is 5.32 Å². The second-order valence-electron chi connectivity index (χ2n) is 4.99. The Balaban J connectivity index is 1.95. The fourth-order valence-corrected chi connectivity index (χ4v) is 1.90. The molecule has 0 aliphatic rings.